The monoisotopic (exact) mass is 577 g/mol. The van der Waals surface area contributed by atoms with Crippen molar-refractivity contribution in [2.75, 3.05) is 17.4 Å². The minimum atomic E-state index is -4.09. The maximum Gasteiger partial charge on any atom is 0.264 e. The number of amides is 2. The Balaban J connectivity index is 2.06. The van der Waals surface area contributed by atoms with E-state index in [4.69, 9.17) is 0 Å². The number of anilines is 1. The summed E-state index contributed by atoms with van der Waals surface area (Å²) in [6.45, 7) is 11.9. The standard InChI is InChI=1S/C33H43N3O4S/c1-7-9-19-34-33(38)31(8-2)35(22-28-12-10-11-25(4)20-28)32(37)23-36(29-16-15-26(5)27(6)21-29)41(39,40)30-17-13-24(3)14-18-30/h10-18,20-21,31H,7-9,19,22-23H2,1-6H3,(H,34,38)/t31-/m0/s1. The molecule has 0 spiro atoms. The lowest BCUT2D eigenvalue weighted by Gasteiger charge is -2.33. The van der Waals surface area contributed by atoms with Crippen molar-refractivity contribution in [2.24, 2.45) is 0 Å². The molecule has 1 atom stereocenters. The van der Waals surface area contributed by atoms with Crippen molar-refractivity contribution in [1.29, 1.82) is 0 Å². The number of benzene rings is 3. The van der Waals surface area contributed by atoms with Gasteiger partial charge in [0.15, 0.2) is 0 Å². The van der Waals surface area contributed by atoms with Gasteiger partial charge in [-0.1, -0.05) is 73.9 Å². The fraction of sp³-hybridized carbons (Fsp3) is 0.394. The molecule has 0 aliphatic heterocycles. The van der Waals surface area contributed by atoms with Crippen LogP contribution in [0.5, 0.6) is 0 Å². The summed E-state index contributed by atoms with van der Waals surface area (Å²) in [7, 11) is -4.09. The summed E-state index contributed by atoms with van der Waals surface area (Å²) < 4.78 is 29.2. The molecule has 3 aromatic rings. The highest BCUT2D eigenvalue weighted by atomic mass is 32.2. The summed E-state index contributed by atoms with van der Waals surface area (Å²) in [5.41, 5.74) is 5.17. The normalized spacial score (nSPS) is 12.0. The minimum absolute atomic E-state index is 0.101. The van der Waals surface area contributed by atoms with Crippen molar-refractivity contribution < 1.29 is 18.0 Å². The van der Waals surface area contributed by atoms with Crippen LogP contribution in [-0.4, -0.2) is 44.3 Å². The Kier molecular flexibility index (Phi) is 11.1. The van der Waals surface area contributed by atoms with Crippen LogP contribution >= 0.6 is 0 Å². The van der Waals surface area contributed by atoms with Crippen LogP contribution in [-0.2, 0) is 26.2 Å². The maximum absolute atomic E-state index is 14.2. The number of sulfonamides is 1. The second kappa shape index (κ2) is 14.3. The molecule has 220 valence electrons. The van der Waals surface area contributed by atoms with Crippen LogP contribution in [0, 0.1) is 27.7 Å². The third-order valence-electron chi connectivity index (χ3n) is 7.32. The highest BCUT2D eigenvalue weighted by Gasteiger charge is 2.33. The Morgan fingerprint density at radius 3 is 2.17 bits per heavy atom. The average Bonchev–Trinajstić information content (AvgIpc) is 2.93. The molecule has 7 nitrogen and oxygen atoms in total. The number of nitrogens with one attached hydrogen (secondary N) is 1. The van der Waals surface area contributed by atoms with Gasteiger partial charge in [-0.2, -0.15) is 0 Å². The van der Waals surface area contributed by atoms with Crippen molar-refractivity contribution in [3.8, 4) is 0 Å². The van der Waals surface area contributed by atoms with E-state index >= 15 is 0 Å². The van der Waals surface area contributed by atoms with Crippen molar-refractivity contribution >= 4 is 27.5 Å². The van der Waals surface area contributed by atoms with Gasteiger partial charge in [0.2, 0.25) is 11.8 Å². The Morgan fingerprint density at radius 2 is 1.56 bits per heavy atom. The van der Waals surface area contributed by atoms with Crippen molar-refractivity contribution in [3.05, 3.63) is 94.5 Å². The van der Waals surface area contributed by atoms with E-state index in [-0.39, 0.29) is 17.3 Å². The lowest BCUT2D eigenvalue weighted by molar-refractivity contribution is -0.140. The molecule has 0 aliphatic rings. The summed E-state index contributed by atoms with van der Waals surface area (Å²) in [6.07, 6.45) is 2.16. The quantitative estimate of drug-likeness (QED) is 0.259. The van der Waals surface area contributed by atoms with Gasteiger partial charge < -0.3 is 10.2 Å². The fourth-order valence-corrected chi connectivity index (χ4v) is 6.09. The fourth-order valence-electron chi connectivity index (χ4n) is 4.68. The first-order chi connectivity index (χ1) is 19.5. The molecule has 0 saturated heterocycles. The van der Waals surface area contributed by atoms with Crippen LogP contribution in [0.25, 0.3) is 0 Å². The number of aryl methyl sites for hydroxylation is 4. The number of carbonyl (C=O) groups excluding carboxylic acids is 2. The minimum Gasteiger partial charge on any atom is -0.354 e. The van der Waals surface area contributed by atoms with Gasteiger partial charge in [0.05, 0.1) is 10.6 Å². The largest absolute Gasteiger partial charge is 0.354 e. The Labute approximate surface area is 245 Å². The first kappa shape index (κ1) is 31.9. The van der Waals surface area contributed by atoms with Gasteiger partial charge in [-0.15, -0.1) is 0 Å². The molecule has 0 aliphatic carbocycles. The topological polar surface area (TPSA) is 86.8 Å². The van der Waals surface area contributed by atoms with E-state index in [1.54, 1.807) is 36.4 Å². The number of nitrogens with zero attached hydrogens (tertiary/aromatic N) is 2. The zero-order chi connectivity index (χ0) is 30.2. The van der Waals surface area contributed by atoms with Crippen LogP contribution in [0.15, 0.2) is 71.6 Å². The van der Waals surface area contributed by atoms with Gasteiger partial charge in [0, 0.05) is 13.1 Å². The van der Waals surface area contributed by atoms with Crippen LogP contribution in [0.3, 0.4) is 0 Å². The molecular weight excluding hydrogens is 534 g/mol. The number of unbranched alkanes of at least 4 members (excludes halogenated alkanes) is 1. The highest BCUT2D eigenvalue weighted by molar-refractivity contribution is 7.92. The number of hydrogen-bond acceptors (Lipinski definition) is 4. The van der Waals surface area contributed by atoms with E-state index < -0.39 is 28.5 Å². The lowest BCUT2D eigenvalue weighted by Crippen LogP contribution is -2.52. The average molecular weight is 578 g/mol. The van der Waals surface area contributed by atoms with E-state index in [1.807, 2.05) is 71.9 Å². The predicted molar refractivity (Wildman–Crippen MR) is 165 cm³/mol. The third-order valence-corrected chi connectivity index (χ3v) is 9.11. The molecular formula is C33H43N3O4S. The summed E-state index contributed by atoms with van der Waals surface area (Å²) >= 11 is 0. The van der Waals surface area contributed by atoms with Crippen LogP contribution < -0.4 is 9.62 Å². The molecule has 2 amide bonds. The Bertz CT molecular complexity index is 1450. The Morgan fingerprint density at radius 1 is 0.854 bits per heavy atom. The van der Waals surface area contributed by atoms with Crippen molar-refractivity contribution in [3.63, 3.8) is 0 Å². The number of hydrogen-bond donors (Lipinski definition) is 1. The number of carbonyl (C=O) groups is 2. The zero-order valence-corrected chi connectivity index (χ0v) is 25.9. The molecule has 0 heterocycles. The molecule has 8 heteroatoms. The summed E-state index contributed by atoms with van der Waals surface area (Å²) in [5.74, 6) is -0.681. The van der Waals surface area contributed by atoms with Gasteiger partial charge >= 0.3 is 0 Å². The van der Waals surface area contributed by atoms with E-state index in [9.17, 15) is 18.0 Å². The third kappa shape index (κ3) is 8.19. The molecule has 0 aromatic heterocycles. The van der Waals surface area contributed by atoms with E-state index in [2.05, 4.69) is 5.32 Å². The first-order valence-electron chi connectivity index (χ1n) is 14.3. The zero-order valence-electron chi connectivity index (χ0n) is 25.1. The van der Waals surface area contributed by atoms with Crippen LogP contribution in [0.2, 0.25) is 0 Å². The lowest BCUT2D eigenvalue weighted by atomic mass is 10.1. The van der Waals surface area contributed by atoms with E-state index in [1.165, 1.54) is 4.90 Å². The van der Waals surface area contributed by atoms with Gasteiger partial charge in [0.1, 0.15) is 12.6 Å². The highest BCUT2D eigenvalue weighted by Crippen LogP contribution is 2.27. The molecule has 41 heavy (non-hydrogen) atoms. The Hall–Kier alpha value is -3.65. The van der Waals surface area contributed by atoms with E-state index in [0.717, 1.165) is 45.0 Å². The first-order valence-corrected chi connectivity index (χ1v) is 15.7. The summed E-state index contributed by atoms with van der Waals surface area (Å²) in [5, 5.41) is 2.96. The molecule has 0 bridgehead atoms. The molecule has 0 radical (unpaired) electrons. The molecule has 0 unspecified atom stereocenters. The van der Waals surface area contributed by atoms with Crippen LogP contribution in [0.4, 0.5) is 5.69 Å². The molecule has 0 fully saturated rings. The van der Waals surface area contributed by atoms with Gasteiger partial charge in [-0.05, 0) is 81.5 Å². The second-order valence-corrected chi connectivity index (χ2v) is 12.5. The van der Waals surface area contributed by atoms with Crippen molar-refractivity contribution in [2.45, 2.75) is 78.3 Å². The number of rotatable bonds is 13. The summed E-state index contributed by atoms with van der Waals surface area (Å²) in [6, 6.07) is 19.0. The van der Waals surface area contributed by atoms with Gasteiger partial charge in [-0.25, -0.2) is 8.42 Å². The second-order valence-electron chi connectivity index (χ2n) is 10.7. The van der Waals surface area contributed by atoms with Gasteiger partial charge in [0.25, 0.3) is 10.0 Å². The molecule has 3 rings (SSSR count). The maximum atomic E-state index is 14.2. The summed E-state index contributed by atoms with van der Waals surface area (Å²) in [4.78, 5) is 29.1. The predicted octanol–water partition coefficient (Wildman–Crippen LogP) is 5.84. The molecule has 1 N–H and O–H groups in total. The van der Waals surface area contributed by atoms with Gasteiger partial charge in [-0.3, -0.25) is 13.9 Å². The van der Waals surface area contributed by atoms with Crippen molar-refractivity contribution in [1.82, 2.24) is 10.2 Å². The smallest absolute Gasteiger partial charge is 0.264 e. The van der Waals surface area contributed by atoms with Crippen LogP contribution in [0.1, 0.15) is 60.9 Å². The SMILES string of the molecule is CCCCNC(=O)[C@H](CC)N(Cc1cccc(C)c1)C(=O)CN(c1ccc(C)c(C)c1)S(=O)(=O)c1ccc(C)cc1. The molecule has 3 aromatic carbocycles. The van der Waals surface area contributed by atoms with E-state index in [0.29, 0.717) is 18.7 Å². The molecule has 0 saturated carbocycles.